The van der Waals surface area contributed by atoms with E-state index in [1.54, 1.807) is 6.20 Å². The predicted octanol–water partition coefficient (Wildman–Crippen LogP) is 2.46. The SMILES string of the molecule is N[C@@H](Cc1c[nH]c2ccccc12)C(=O)Oc1cccc([N+](=O)[O-])c1[N+](=O)[O-]. The van der Waals surface area contributed by atoms with Gasteiger partial charge in [-0.15, -0.1) is 0 Å². The standard InChI is InChI=1S/C17H14N4O6/c18-12(8-10-9-19-13-5-2-1-4-11(10)13)17(22)27-15-7-3-6-14(20(23)24)16(15)21(25)26/h1-7,9,12,19H,8,18H2/t12-/m0/s1. The molecule has 2 aromatic carbocycles. The Balaban J connectivity index is 1.82. The van der Waals surface area contributed by atoms with Gasteiger partial charge in [0.05, 0.1) is 9.85 Å². The zero-order chi connectivity index (χ0) is 19.6. The summed E-state index contributed by atoms with van der Waals surface area (Å²) in [6.07, 6.45) is 1.85. The molecule has 0 fully saturated rings. The van der Waals surface area contributed by atoms with Crippen LogP contribution in [-0.2, 0) is 11.2 Å². The second-order valence-electron chi connectivity index (χ2n) is 5.73. The van der Waals surface area contributed by atoms with Crippen molar-refractivity contribution in [3.63, 3.8) is 0 Å². The van der Waals surface area contributed by atoms with Gasteiger partial charge in [0.15, 0.2) is 0 Å². The Labute approximate surface area is 151 Å². The number of aromatic amines is 1. The van der Waals surface area contributed by atoms with Crippen LogP contribution < -0.4 is 10.5 Å². The number of rotatable bonds is 6. The summed E-state index contributed by atoms with van der Waals surface area (Å²) in [6, 6.07) is 9.60. The van der Waals surface area contributed by atoms with Crippen molar-refractivity contribution in [3.8, 4) is 5.75 Å². The number of nitrogens with one attached hydrogen (secondary N) is 1. The highest BCUT2D eigenvalue weighted by Crippen LogP contribution is 2.36. The number of carbonyl (C=O) groups is 1. The molecule has 0 bridgehead atoms. The van der Waals surface area contributed by atoms with E-state index in [1.165, 1.54) is 6.07 Å². The van der Waals surface area contributed by atoms with Crippen molar-refractivity contribution in [3.05, 3.63) is 74.5 Å². The molecular weight excluding hydrogens is 356 g/mol. The monoisotopic (exact) mass is 370 g/mol. The van der Waals surface area contributed by atoms with Crippen LogP contribution in [0.4, 0.5) is 11.4 Å². The van der Waals surface area contributed by atoms with Crippen molar-refractivity contribution in [2.45, 2.75) is 12.5 Å². The van der Waals surface area contributed by atoms with Crippen LogP contribution in [0.3, 0.4) is 0 Å². The third-order valence-electron chi connectivity index (χ3n) is 3.99. The van der Waals surface area contributed by atoms with Crippen LogP contribution in [0, 0.1) is 20.2 Å². The van der Waals surface area contributed by atoms with Crippen LogP contribution in [0.15, 0.2) is 48.7 Å². The molecule has 10 heteroatoms. The Morgan fingerprint density at radius 2 is 1.85 bits per heavy atom. The Morgan fingerprint density at radius 3 is 2.56 bits per heavy atom. The average Bonchev–Trinajstić information content (AvgIpc) is 3.04. The number of nitro benzene ring substituents is 2. The third-order valence-corrected chi connectivity index (χ3v) is 3.99. The molecular formula is C17H14N4O6. The summed E-state index contributed by atoms with van der Waals surface area (Å²) in [5, 5.41) is 23.0. The smallest absolute Gasteiger partial charge is 0.388 e. The Bertz CT molecular complexity index is 1040. The first kappa shape index (κ1) is 18.0. The lowest BCUT2D eigenvalue weighted by molar-refractivity contribution is -0.423. The fourth-order valence-electron chi connectivity index (χ4n) is 2.73. The third kappa shape index (κ3) is 3.60. The first-order chi connectivity index (χ1) is 12.9. The normalized spacial score (nSPS) is 11.9. The molecule has 1 aromatic heterocycles. The van der Waals surface area contributed by atoms with E-state index in [1.807, 2.05) is 24.3 Å². The van der Waals surface area contributed by atoms with Gasteiger partial charge in [-0.05, 0) is 17.7 Å². The van der Waals surface area contributed by atoms with E-state index in [0.717, 1.165) is 28.6 Å². The number of aromatic nitrogens is 1. The summed E-state index contributed by atoms with van der Waals surface area (Å²) in [5.74, 6) is -1.45. The quantitative estimate of drug-likeness (QED) is 0.292. The molecule has 0 radical (unpaired) electrons. The van der Waals surface area contributed by atoms with Gasteiger partial charge >= 0.3 is 17.3 Å². The molecule has 0 aliphatic rings. The van der Waals surface area contributed by atoms with Gasteiger partial charge in [0.2, 0.25) is 5.75 Å². The number of benzene rings is 2. The molecule has 0 aliphatic heterocycles. The highest BCUT2D eigenvalue weighted by Gasteiger charge is 2.31. The maximum atomic E-state index is 12.3. The summed E-state index contributed by atoms with van der Waals surface area (Å²) in [5.41, 5.74) is 5.88. The number of carbonyl (C=O) groups excluding carboxylic acids is 1. The fourth-order valence-corrected chi connectivity index (χ4v) is 2.73. The molecule has 0 spiro atoms. The van der Waals surface area contributed by atoms with E-state index in [-0.39, 0.29) is 6.42 Å². The van der Waals surface area contributed by atoms with E-state index in [2.05, 4.69) is 4.98 Å². The molecule has 10 nitrogen and oxygen atoms in total. The van der Waals surface area contributed by atoms with Gasteiger partial charge in [0, 0.05) is 29.6 Å². The summed E-state index contributed by atoms with van der Waals surface area (Å²) >= 11 is 0. The number of nitrogens with zero attached hydrogens (tertiary/aromatic N) is 2. The zero-order valence-corrected chi connectivity index (χ0v) is 13.8. The summed E-state index contributed by atoms with van der Waals surface area (Å²) in [7, 11) is 0. The topological polar surface area (TPSA) is 154 Å². The van der Waals surface area contributed by atoms with Crippen LogP contribution in [-0.4, -0.2) is 26.8 Å². The number of para-hydroxylation sites is 2. The van der Waals surface area contributed by atoms with Gasteiger partial charge in [-0.1, -0.05) is 24.3 Å². The fraction of sp³-hybridized carbons (Fsp3) is 0.118. The van der Waals surface area contributed by atoms with E-state index in [9.17, 15) is 25.0 Å². The molecule has 3 N–H and O–H groups in total. The number of nitrogens with two attached hydrogens (primary N) is 1. The molecule has 0 unspecified atom stereocenters. The second-order valence-corrected chi connectivity index (χ2v) is 5.73. The number of ether oxygens (including phenoxy) is 1. The maximum absolute atomic E-state index is 12.3. The van der Waals surface area contributed by atoms with E-state index < -0.39 is 39.0 Å². The van der Waals surface area contributed by atoms with Crippen LogP contribution in [0.2, 0.25) is 0 Å². The number of hydrogen-bond donors (Lipinski definition) is 2. The first-order valence-electron chi connectivity index (χ1n) is 7.82. The van der Waals surface area contributed by atoms with Gasteiger partial charge in [0.1, 0.15) is 6.04 Å². The van der Waals surface area contributed by atoms with Gasteiger partial charge in [-0.25, -0.2) is 4.79 Å². The number of H-pyrrole nitrogens is 1. The maximum Gasteiger partial charge on any atom is 0.388 e. The Morgan fingerprint density at radius 1 is 1.11 bits per heavy atom. The van der Waals surface area contributed by atoms with E-state index in [0.29, 0.717) is 0 Å². The Hall–Kier alpha value is -3.79. The van der Waals surface area contributed by atoms with Gasteiger partial charge in [-0.3, -0.25) is 20.2 Å². The molecule has 0 saturated carbocycles. The molecule has 0 aliphatic carbocycles. The number of fused-ring (bicyclic) bond motifs is 1. The molecule has 1 heterocycles. The minimum absolute atomic E-state index is 0.131. The highest BCUT2D eigenvalue weighted by molar-refractivity contribution is 5.85. The van der Waals surface area contributed by atoms with Gasteiger partial charge in [0.25, 0.3) is 0 Å². The van der Waals surface area contributed by atoms with Crippen LogP contribution in [0.1, 0.15) is 5.56 Å². The lowest BCUT2D eigenvalue weighted by Crippen LogP contribution is -2.36. The zero-order valence-electron chi connectivity index (χ0n) is 13.8. The lowest BCUT2D eigenvalue weighted by atomic mass is 10.1. The molecule has 3 aromatic rings. The van der Waals surface area contributed by atoms with Crippen molar-refractivity contribution in [1.82, 2.24) is 4.98 Å². The molecule has 0 amide bonds. The number of esters is 1. The first-order valence-corrected chi connectivity index (χ1v) is 7.82. The van der Waals surface area contributed by atoms with E-state index in [4.69, 9.17) is 10.5 Å². The van der Waals surface area contributed by atoms with Crippen molar-refractivity contribution < 1.29 is 19.4 Å². The van der Waals surface area contributed by atoms with Gasteiger partial charge < -0.3 is 15.5 Å². The van der Waals surface area contributed by atoms with Crippen molar-refractivity contribution in [2.24, 2.45) is 5.73 Å². The number of nitro groups is 2. The number of hydrogen-bond acceptors (Lipinski definition) is 7. The van der Waals surface area contributed by atoms with Gasteiger partial charge in [-0.2, -0.15) is 0 Å². The van der Waals surface area contributed by atoms with Crippen LogP contribution in [0.25, 0.3) is 10.9 Å². The van der Waals surface area contributed by atoms with E-state index >= 15 is 0 Å². The average molecular weight is 370 g/mol. The van der Waals surface area contributed by atoms with Crippen molar-refractivity contribution >= 4 is 28.2 Å². The molecule has 1 atom stereocenters. The van der Waals surface area contributed by atoms with Crippen LogP contribution in [0.5, 0.6) is 5.75 Å². The van der Waals surface area contributed by atoms with Crippen LogP contribution >= 0.6 is 0 Å². The lowest BCUT2D eigenvalue weighted by Gasteiger charge is -2.11. The predicted molar refractivity (Wildman–Crippen MR) is 95.4 cm³/mol. The molecule has 3 rings (SSSR count). The molecule has 138 valence electrons. The summed E-state index contributed by atoms with van der Waals surface area (Å²) in [4.78, 5) is 35.6. The minimum Gasteiger partial charge on any atom is -0.418 e. The minimum atomic E-state index is -1.11. The second kappa shape index (κ2) is 7.22. The molecule has 27 heavy (non-hydrogen) atoms. The molecule has 0 saturated heterocycles. The highest BCUT2D eigenvalue weighted by atomic mass is 16.6. The Kier molecular flexibility index (Phi) is 4.81. The van der Waals surface area contributed by atoms with Crippen molar-refractivity contribution in [2.75, 3.05) is 0 Å². The summed E-state index contributed by atoms with van der Waals surface area (Å²) < 4.78 is 5.00. The summed E-state index contributed by atoms with van der Waals surface area (Å²) in [6.45, 7) is 0. The van der Waals surface area contributed by atoms with Crippen molar-refractivity contribution in [1.29, 1.82) is 0 Å². The largest absolute Gasteiger partial charge is 0.418 e.